The molecule has 2 aromatic rings. The maximum Gasteiger partial charge on any atom is 0.573 e. The molecule has 1 spiro atoms. The number of carbonyl (C=O) groups excluding carboxylic acids is 1. The normalized spacial score (nSPS) is 30.3. The molecule has 0 radical (unpaired) electrons. The first-order valence-corrected chi connectivity index (χ1v) is 14.1. The van der Waals surface area contributed by atoms with Crippen molar-refractivity contribution >= 4 is 12.0 Å². The summed E-state index contributed by atoms with van der Waals surface area (Å²) in [5.74, 6) is -0.0856. The second-order valence-electron chi connectivity index (χ2n) is 12.3. The number of likely N-dealkylation sites (N-methyl/N-ethyl adjacent to an activating group) is 1. The Labute approximate surface area is 237 Å². The number of likely N-dealkylation sites (tertiary alicyclic amines) is 1. The van der Waals surface area contributed by atoms with E-state index in [1.807, 2.05) is 27.0 Å². The molecule has 2 N–H and O–H groups in total. The predicted molar refractivity (Wildman–Crippen MR) is 146 cm³/mol. The van der Waals surface area contributed by atoms with Crippen molar-refractivity contribution in [2.24, 2.45) is 5.92 Å². The Kier molecular flexibility index (Phi) is 6.57. The Morgan fingerprint density at radius 1 is 1.27 bits per heavy atom. The van der Waals surface area contributed by atoms with Crippen LogP contribution in [0.2, 0.25) is 0 Å². The van der Waals surface area contributed by atoms with Gasteiger partial charge in [0, 0.05) is 24.2 Å². The van der Waals surface area contributed by atoms with Crippen molar-refractivity contribution in [3.63, 3.8) is 0 Å². The SMILES string of the molecule is CC(C)CN(C(=O)C=Cc1cccc(OC(F)(F)F)c1)[C@@H]1CC[C@@]2(O)[C@H]3Cc4ccc(O)c5c4[C@@]2(CCN3C)[C@H]1O5. The van der Waals surface area contributed by atoms with Crippen molar-refractivity contribution in [3.8, 4) is 17.2 Å². The van der Waals surface area contributed by atoms with Crippen LogP contribution in [0.4, 0.5) is 13.2 Å². The number of rotatable bonds is 6. The van der Waals surface area contributed by atoms with Gasteiger partial charge in [-0.1, -0.05) is 32.0 Å². The van der Waals surface area contributed by atoms with Crippen LogP contribution in [0.5, 0.6) is 17.2 Å². The Hall–Kier alpha value is -3.24. The van der Waals surface area contributed by atoms with Crippen molar-refractivity contribution in [3.05, 3.63) is 59.2 Å². The van der Waals surface area contributed by atoms with Crippen LogP contribution in [0, 0.1) is 5.92 Å². The Balaban J connectivity index is 1.36. The summed E-state index contributed by atoms with van der Waals surface area (Å²) in [4.78, 5) is 17.8. The summed E-state index contributed by atoms with van der Waals surface area (Å²) in [5, 5.41) is 23.3. The van der Waals surface area contributed by atoms with Gasteiger partial charge >= 0.3 is 6.36 Å². The van der Waals surface area contributed by atoms with E-state index in [1.165, 1.54) is 30.4 Å². The van der Waals surface area contributed by atoms with Gasteiger partial charge in [-0.15, -0.1) is 13.2 Å². The van der Waals surface area contributed by atoms with Crippen LogP contribution < -0.4 is 9.47 Å². The number of benzene rings is 2. The minimum Gasteiger partial charge on any atom is -0.504 e. The summed E-state index contributed by atoms with van der Waals surface area (Å²) < 4.78 is 48.7. The molecule has 10 heteroatoms. The first-order valence-electron chi connectivity index (χ1n) is 14.1. The molecule has 7 nitrogen and oxygen atoms in total. The third kappa shape index (κ3) is 4.37. The number of aliphatic hydroxyl groups is 1. The first kappa shape index (κ1) is 27.9. The minimum absolute atomic E-state index is 0.0357. The molecule has 2 aliphatic carbocycles. The lowest BCUT2D eigenvalue weighted by atomic mass is 9.48. The molecule has 0 unspecified atom stereocenters. The van der Waals surface area contributed by atoms with E-state index in [1.54, 1.807) is 17.0 Å². The fourth-order valence-corrected chi connectivity index (χ4v) is 7.91. The molecule has 41 heavy (non-hydrogen) atoms. The summed E-state index contributed by atoms with van der Waals surface area (Å²) in [5.41, 5.74) is 0.495. The number of piperidine rings is 1. The fraction of sp³-hybridized carbons (Fsp3) is 0.516. The number of carbonyl (C=O) groups is 1. The zero-order chi connectivity index (χ0) is 29.3. The van der Waals surface area contributed by atoms with Crippen molar-refractivity contribution in [1.82, 2.24) is 9.80 Å². The van der Waals surface area contributed by atoms with Gasteiger partial charge in [-0.25, -0.2) is 0 Å². The standard InChI is InChI=1S/C31H35F3N2O5/c1-18(2)17-36(25(38)10-7-19-5-4-6-21(15-19)41-31(32,33)34)22-11-12-30(39)24-16-20-8-9-23(37)27-26(20)29(30,28(22)40-27)13-14-35(24)3/h4-10,15,18,22,24,28,37,39H,11-14,16-17H2,1-3H3/t22-,24-,28+,29+,30-/m1/s1. The summed E-state index contributed by atoms with van der Waals surface area (Å²) in [6.07, 6.45) is -0.234. The molecule has 1 saturated carbocycles. The second-order valence-corrected chi connectivity index (χ2v) is 12.3. The maximum absolute atomic E-state index is 13.8. The molecule has 2 heterocycles. The maximum atomic E-state index is 13.8. The van der Waals surface area contributed by atoms with Crippen molar-refractivity contribution in [2.75, 3.05) is 20.1 Å². The molecule has 220 valence electrons. The smallest absolute Gasteiger partial charge is 0.504 e. The lowest BCUT2D eigenvalue weighted by Gasteiger charge is -2.64. The number of aromatic hydroxyl groups is 1. The van der Waals surface area contributed by atoms with E-state index in [-0.39, 0.29) is 35.4 Å². The van der Waals surface area contributed by atoms with Crippen LogP contribution in [-0.4, -0.2) is 76.2 Å². The largest absolute Gasteiger partial charge is 0.573 e. The molecule has 2 fully saturated rings. The summed E-state index contributed by atoms with van der Waals surface area (Å²) >= 11 is 0. The minimum atomic E-state index is -4.81. The summed E-state index contributed by atoms with van der Waals surface area (Å²) in [6, 6.07) is 8.56. The molecule has 1 amide bonds. The number of amides is 1. The predicted octanol–water partition coefficient (Wildman–Crippen LogP) is 4.64. The highest BCUT2D eigenvalue weighted by molar-refractivity contribution is 5.92. The molecule has 5 atom stereocenters. The molecular formula is C31H35F3N2O5. The van der Waals surface area contributed by atoms with E-state index >= 15 is 0 Å². The number of halogens is 3. The molecule has 6 rings (SSSR count). The van der Waals surface area contributed by atoms with E-state index in [4.69, 9.17) is 4.74 Å². The zero-order valence-electron chi connectivity index (χ0n) is 23.3. The molecule has 2 aliphatic heterocycles. The number of nitrogens with zero attached hydrogens (tertiary/aromatic N) is 2. The van der Waals surface area contributed by atoms with Gasteiger partial charge in [0.15, 0.2) is 11.5 Å². The highest BCUT2D eigenvalue weighted by Gasteiger charge is 2.73. The molecule has 0 aromatic heterocycles. The highest BCUT2D eigenvalue weighted by Crippen LogP contribution is 2.65. The molecule has 2 aromatic carbocycles. The van der Waals surface area contributed by atoms with E-state index in [2.05, 4.69) is 9.64 Å². The van der Waals surface area contributed by atoms with Crippen LogP contribution in [0.3, 0.4) is 0 Å². The topological polar surface area (TPSA) is 82.5 Å². The van der Waals surface area contributed by atoms with E-state index < -0.39 is 23.5 Å². The van der Waals surface area contributed by atoms with Gasteiger partial charge in [0.1, 0.15) is 11.9 Å². The van der Waals surface area contributed by atoms with E-state index in [0.717, 1.165) is 17.7 Å². The average molecular weight is 573 g/mol. The average Bonchev–Trinajstić information content (AvgIpc) is 3.25. The van der Waals surface area contributed by atoms with Gasteiger partial charge in [0.05, 0.1) is 17.1 Å². The van der Waals surface area contributed by atoms with Crippen molar-refractivity contribution in [1.29, 1.82) is 0 Å². The lowest BCUT2D eigenvalue weighted by Crippen LogP contribution is -2.78. The Bertz CT molecular complexity index is 1390. The zero-order valence-corrected chi connectivity index (χ0v) is 23.3. The first-order chi connectivity index (χ1) is 19.3. The van der Waals surface area contributed by atoms with Gasteiger partial charge in [-0.2, -0.15) is 0 Å². The number of hydrogen-bond donors (Lipinski definition) is 2. The van der Waals surface area contributed by atoms with Crippen molar-refractivity contribution in [2.45, 2.75) is 75.1 Å². The molecule has 1 saturated heterocycles. The number of phenols is 1. The van der Waals surface area contributed by atoms with Gasteiger partial charge in [-0.3, -0.25) is 4.79 Å². The lowest BCUT2D eigenvalue weighted by molar-refractivity contribution is -0.274. The van der Waals surface area contributed by atoms with E-state index in [0.29, 0.717) is 43.5 Å². The highest BCUT2D eigenvalue weighted by atomic mass is 19.4. The van der Waals surface area contributed by atoms with E-state index in [9.17, 15) is 28.2 Å². The number of hydrogen-bond acceptors (Lipinski definition) is 6. The molecule has 4 aliphatic rings. The van der Waals surface area contributed by atoms with Crippen LogP contribution in [0.15, 0.2) is 42.5 Å². The van der Waals surface area contributed by atoms with Crippen LogP contribution >= 0.6 is 0 Å². The molecular weight excluding hydrogens is 537 g/mol. The fourth-order valence-electron chi connectivity index (χ4n) is 7.91. The van der Waals surface area contributed by atoms with Crippen molar-refractivity contribution < 1.29 is 37.7 Å². The third-order valence-corrected chi connectivity index (χ3v) is 9.45. The summed E-state index contributed by atoms with van der Waals surface area (Å²) in [6.45, 7) is 5.21. The molecule has 2 bridgehead atoms. The van der Waals surface area contributed by atoms with Gasteiger partial charge in [0.25, 0.3) is 0 Å². The second kappa shape index (κ2) is 9.66. The third-order valence-electron chi connectivity index (χ3n) is 9.45. The van der Waals surface area contributed by atoms with Gasteiger partial charge in [-0.05, 0) is 80.6 Å². The quantitative estimate of drug-likeness (QED) is 0.491. The number of alkyl halides is 3. The van der Waals surface area contributed by atoms with Gasteiger partial charge in [0.2, 0.25) is 5.91 Å². The van der Waals surface area contributed by atoms with Crippen LogP contribution in [0.25, 0.3) is 6.08 Å². The number of phenolic OH excluding ortho intramolecular Hbond substituents is 1. The van der Waals surface area contributed by atoms with Gasteiger partial charge < -0.3 is 29.5 Å². The van der Waals surface area contributed by atoms with Crippen LogP contribution in [-0.2, 0) is 16.6 Å². The van der Waals surface area contributed by atoms with Crippen LogP contribution in [0.1, 0.15) is 49.8 Å². The monoisotopic (exact) mass is 572 g/mol. The summed E-state index contributed by atoms with van der Waals surface area (Å²) in [7, 11) is 2.03. The number of ether oxygens (including phenoxy) is 2. The Morgan fingerprint density at radius 3 is 2.78 bits per heavy atom. The Morgan fingerprint density at radius 2 is 2.05 bits per heavy atom.